The summed E-state index contributed by atoms with van der Waals surface area (Å²) in [4.78, 5) is 15.2. The molecule has 166 valence electrons. The lowest BCUT2D eigenvalue weighted by Crippen LogP contribution is -2.42. The first-order valence-electron chi connectivity index (χ1n) is 12.3. The highest BCUT2D eigenvalue weighted by atomic mass is 16.2. The molecule has 1 saturated heterocycles. The second kappa shape index (κ2) is 8.97. The molecule has 3 heteroatoms. The van der Waals surface area contributed by atoms with Crippen LogP contribution in [0.1, 0.15) is 61.1 Å². The quantitative estimate of drug-likeness (QED) is 0.437. The lowest BCUT2D eigenvalue weighted by atomic mass is 9.91. The summed E-state index contributed by atoms with van der Waals surface area (Å²) >= 11 is 0. The highest BCUT2D eigenvalue weighted by Gasteiger charge is 2.26. The molecule has 0 spiro atoms. The molecule has 3 nitrogen and oxygen atoms in total. The van der Waals surface area contributed by atoms with Crippen LogP contribution in [0.3, 0.4) is 0 Å². The number of aryl methyl sites for hydroxylation is 1. The molecule has 0 unspecified atom stereocenters. The molecule has 2 heterocycles. The van der Waals surface area contributed by atoms with Gasteiger partial charge in [-0.05, 0) is 85.4 Å². The van der Waals surface area contributed by atoms with Gasteiger partial charge in [0.2, 0.25) is 0 Å². The number of carbonyl (C=O) groups excluding carboxylic acids is 1. The third-order valence-electron chi connectivity index (χ3n) is 7.15. The molecular weight excluding hydrogens is 392 g/mol. The van der Waals surface area contributed by atoms with Gasteiger partial charge in [0.05, 0.1) is 5.69 Å². The van der Waals surface area contributed by atoms with Crippen LogP contribution in [0.2, 0.25) is 0 Å². The van der Waals surface area contributed by atoms with Gasteiger partial charge in [-0.3, -0.25) is 4.79 Å². The van der Waals surface area contributed by atoms with Crippen molar-refractivity contribution in [2.24, 2.45) is 11.8 Å². The van der Waals surface area contributed by atoms with E-state index in [9.17, 15) is 4.79 Å². The highest BCUT2D eigenvalue weighted by Crippen LogP contribution is 2.33. The molecule has 0 N–H and O–H groups in total. The highest BCUT2D eigenvalue weighted by molar-refractivity contribution is 5.94. The topological polar surface area (TPSA) is 25.2 Å². The van der Waals surface area contributed by atoms with E-state index in [4.69, 9.17) is 0 Å². The molecule has 3 aromatic rings. The number of hydrogen-bond acceptors (Lipinski definition) is 1. The number of fused-ring (bicyclic) bond motifs is 1. The molecule has 2 aliphatic rings. The average molecular weight is 427 g/mol. The molecule has 1 aromatic heterocycles. The Morgan fingerprint density at radius 2 is 1.53 bits per heavy atom. The van der Waals surface area contributed by atoms with Gasteiger partial charge in [-0.25, -0.2) is 0 Å². The number of benzene rings is 2. The van der Waals surface area contributed by atoms with Crippen LogP contribution in [0.5, 0.6) is 0 Å². The van der Waals surface area contributed by atoms with E-state index in [0.717, 1.165) is 37.2 Å². The van der Waals surface area contributed by atoms with Gasteiger partial charge in [0.15, 0.2) is 0 Å². The summed E-state index contributed by atoms with van der Waals surface area (Å²) < 4.78 is 2.44. The number of nitrogens with zero attached hydrogens (tertiary/aromatic N) is 2. The van der Waals surface area contributed by atoms with Crippen LogP contribution < -0.4 is 0 Å². The maximum absolute atomic E-state index is 13.2. The summed E-state index contributed by atoms with van der Waals surface area (Å²) in [6.45, 7) is 6.24. The second-order valence-corrected chi connectivity index (χ2v) is 9.97. The van der Waals surface area contributed by atoms with Crippen molar-refractivity contribution in [3.8, 4) is 16.9 Å². The predicted molar refractivity (Wildman–Crippen MR) is 131 cm³/mol. The van der Waals surface area contributed by atoms with E-state index < -0.39 is 0 Å². The predicted octanol–water partition coefficient (Wildman–Crippen LogP) is 6.53. The Labute approximate surface area is 192 Å². The van der Waals surface area contributed by atoms with Gasteiger partial charge in [0, 0.05) is 30.0 Å². The fourth-order valence-electron chi connectivity index (χ4n) is 5.76. The minimum absolute atomic E-state index is 0.171. The zero-order valence-electron chi connectivity index (χ0n) is 19.4. The van der Waals surface area contributed by atoms with E-state index in [2.05, 4.69) is 66.9 Å². The van der Waals surface area contributed by atoms with Crippen molar-refractivity contribution in [3.63, 3.8) is 0 Å². The molecule has 0 saturated carbocycles. The van der Waals surface area contributed by atoms with Gasteiger partial charge in [-0.2, -0.15) is 0 Å². The molecule has 32 heavy (non-hydrogen) atoms. The minimum atomic E-state index is 0.171. The Hall–Kier alpha value is -2.81. The van der Waals surface area contributed by atoms with Crippen molar-refractivity contribution in [1.29, 1.82) is 0 Å². The van der Waals surface area contributed by atoms with Gasteiger partial charge in [0.1, 0.15) is 0 Å². The van der Waals surface area contributed by atoms with Crippen LogP contribution in [0.25, 0.3) is 16.9 Å². The van der Waals surface area contributed by atoms with Crippen molar-refractivity contribution in [1.82, 2.24) is 9.47 Å². The first-order valence-corrected chi connectivity index (χ1v) is 12.3. The second-order valence-electron chi connectivity index (χ2n) is 9.97. The Kier molecular flexibility index (Phi) is 5.91. The van der Waals surface area contributed by atoms with Crippen molar-refractivity contribution in [2.45, 2.75) is 52.4 Å². The third-order valence-corrected chi connectivity index (χ3v) is 7.15. The van der Waals surface area contributed by atoms with Crippen LogP contribution >= 0.6 is 0 Å². The molecule has 2 aromatic carbocycles. The van der Waals surface area contributed by atoms with Crippen LogP contribution in [0.15, 0.2) is 60.7 Å². The number of carbonyl (C=O) groups is 1. The average Bonchev–Trinajstić information content (AvgIpc) is 3.01. The van der Waals surface area contributed by atoms with Crippen molar-refractivity contribution in [3.05, 3.63) is 77.5 Å². The van der Waals surface area contributed by atoms with E-state index in [1.807, 2.05) is 17.0 Å². The van der Waals surface area contributed by atoms with Gasteiger partial charge in [-0.1, -0.05) is 50.6 Å². The molecule has 1 aliphatic heterocycles. The summed E-state index contributed by atoms with van der Waals surface area (Å²) in [5.41, 5.74) is 7.39. The lowest BCUT2D eigenvalue weighted by Gasteiger charge is -2.35. The smallest absolute Gasteiger partial charge is 0.253 e. The van der Waals surface area contributed by atoms with E-state index in [-0.39, 0.29) is 5.91 Å². The SMILES string of the molecule is C[C@@H]1C[C@H](C)CN(C(=O)c2ccc(-n3c(-c4ccccc4)cc4c3CCCCC4)cc2)C1. The van der Waals surface area contributed by atoms with Crippen molar-refractivity contribution in [2.75, 3.05) is 13.1 Å². The summed E-state index contributed by atoms with van der Waals surface area (Å²) in [5.74, 6) is 1.32. The zero-order valence-corrected chi connectivity index (χ0v) is 19.4. The zero-order chi connectivity index (χ0) is 22.1. The van der Waals surface area contributed by atoms with Gasteiger partial charge in [-0.15, -0.1) is 0 Å². The number of aromatic nitrogens is 1. The molecule has 0 bridgehead atoms. The fraction of sp³-hybridized carbons (Fsp3) is 0.414. The van der Waals surface area contributed by atoms with Gasteiger partial charge >= 0.3 is 0 Å². The largest absolute Gasteiger partial charge is 0.338 e. The maximum Gasteiger partial charge on any atom is 0.253 e. The molecule has 1 aliphatic carbocycles. The number of amides is 1. The summed E-state index contributed by atoms with van der Waals surface area (Å²) in [6.07, 6.45) is 7.30. The van der Waals surface area contributed by atoms with Crippen molar-refractivity contribution < 1.29 is 4.79 Å². The molecule has 5 rings (SSSR count). The monoisotopic (exact) mass is 426 g/mol. The number of piperidine rings is 1. The van der Waals surface area contributed by atoms with E-state index in [1.54, 1.807) is 0 Å². The van der Waals surface area contributed by atoms with E-state index in [1.165, 1.54) is 48.2 Å². The summed E-state index contributed by atoms with van der Waals surface area (Å²) in [6, 6.07) is 21.4. The van der Waals surface area contributed by atoms with E-state index >= 15 is 0 Å². The van der Waals surface area contributed by atoms with Gasteiger partial charge < -0.3 is 9.47 Å². The van der Waals surface area contributed by atoms with Crippen LogP contribution in [0, 0.1) is 11.8 Å². The first kappa shape index (κ1) is 21.1. The van der Waals surface area contributed by atoms with Crippen molar-refractivity contribution >= 4 is 5.91 Å². The lowest BCUT2D eigenvalue weighted by molar-refractivity contribution is 0.0623. The minimum Gasteiger partial charge on any atom is -0.338 e. The molecule has 2 atom stereocenters. The van der Waals surface area contributed by atoms with Gasteiger partial charge in [0.25, 0.3) is 5.91 Å². The number of rotatable bonds is 3. The Bertz CT molecular complexity index is 1070. The molecule has 0 radical (unpaired) electrons. The van der Waals surface area contributed by atoms with E-state index in [0.29, 0.717) is 11.8 Å². The third kappa shape index (κ3) is 4.13. The number of likely N-dealkylation sites (tertiary alicyclic amines) is 1. The first-order chi connectivity index (χ1) is 15.6. The number of hydrogen-bond donors (Lipinski definition) is 0. The van der Waals surface area contributed by atoms with Crippen LogP contribution in [0.4, 0.5) is 0 Å². The Morgan fingerprint density at radius 1 is 0.844 bits per heavy atom. The molecule has 1 fully saturated rings. The Morgan fingerprint density at radius 3 is 2.25 bits per heavy atom. The molecular formula is C29H34N2O. The summed E-state index contributed by atoms with van der Waals surface area (Å²) in [7, 11) is 0. The van der Waals surface area contributed by atoms with Crippen LogP contribution in [-0.2, 0) is 12.8 Å². The summed E-state index contributed by atoms with van der Waals surface area (Å²) in [5, 5.41) is 0. The maximum atomic E-state index is 13.2. The normalized spacial score (nSPS) is 21.1. The Balaban J connectivity index is 1.50. The van der Waals surface area contributed by atoms with Crippen LogP contribution in [-0.4, -0.2) is 28.5 Å². The molecule has 1 amide bonds. The standard InChI is InChI=1S/C29H34N2O/c1-21-17-22(2)20-30(19-21)29(32)24-13-15-26(16-14-24)31-27-12-8-4-7-11-25(27)18-28(31)23-9-5-3-6-10-23/h3,5-6,9-10,13-16,18,21-22H,4,7-8,11-12,17,19-20H2,1-2H3/t21-,22+. The fourth-order valence-corrected chi connectivity index (χ4v) is 5.76.